The molecule has 106 valence electrons. The van der Waals surface area contributed by atoms with Gasteiger partial charge in [0.15, 0.2) is 0 Å². The fraction of sp³-hybridized carbons (Fsp3) is 0.500. The van der Waals surface area contributed by atoms with E-state index in [0.29, 0.717) is 12.1 Å². The topological polar surface area (TPSA) is 66.9 Å². The van der Waals surface area contributed by atoms with Gasteiger partial charge in [-0.05, 0) is 26.3 Å². The highest BCUT2D eigenvalue weighted by molar-refractivity contribution is 5.10. The third-order valence-corrected chi connectivity index (χ3v) is 3.65. The lowest BCUT2D eigenvalue weighted by atomic mass is 10.2. The maximum atomic E-state index is 4.98. The molecule has 3 heterocycles. The third kappa shape index (κ3) is 2.65. The van der Waals surface area contributed by atoms with Gasteiger partial charge in [-0.25, -0.2) is 15.0 Å². The fourth-order valence-corrected chi connectivity index (χ4v) is 2.69. The molecule has 2 aromatic rings. The number of aromatic amines is 1. The molecule has 0 aromatic carbocycles. The molecule has 6 nitrogen and oxygen atoms in total. The molecule has 0 radical (unpaired) electrons. The van der Waals surface area contributed by atoms with E-state index < -0.39 is 0 Å². The molecular weight excluding hydrogens is 254 g/mol. The molecule has 1 N–H and O–H groups in total. The Hall–Kier alpha value is -1.95. The van der Waals surface area contributed by atoms with Crippen molar-refractivity contribution < 1.29 is 4.74 Å². The monoisotopic (exact) mass is 273 g/mol. The van der Waals surface area contributed by atoms with Crippen LogP contribution in [0, 0.1) is 6.92 Å². The average molecular weight is 273 g/mol. The molecule has 1 aliphatic heterocycles. The van der Waals surface area contributed by atoms with Gasteiger partial charge in [0, 0.05) is 36.4 Å². The Kier molecular flexibility index (Phi) is 3.64. The minimum Gasteiger partial charge on any atom is -0.467 e. The number of rotatable bonds is 4. The molecule has 0 spiro atoms. The molecule has 3 rings (SSSR count). The van der Waals surface area contributed by atoms with Crippen LogP contribution < -0.4 is 4.74 Å². The van der Waals surface area contributed by atoms with Crippen molar-refractivity contribution in [1.82, 2.24) is 24.8 Å². The van der Waals surface area contributed by atoms with E-state index in [9.17, 15) is 0 Å². The number of nitrogens with one attached hydrogen (secondary N) is 1. The van der Waals surface area contributed by atoms with E-state index in [0.717, 1.165) is 36.6 Å². The lowest BCUT2D eigenvalue weighted by Gasteiger charge is -2.22. The zero-order valence-corrected chi connectivity index (χ0v) is 11.8. The molecule has 1 atom stereocenters. The minimum absolute atomic E-state index is 0.366. The second-order valence-corrected chi connectivity index (χ2v) is 5.16. The summed E-state index contributed by atoms with van der Waals surface area (Å²) in [5.41, 5.74) is 2.21. The first kappa shape index (κ1) is 13.1. The van der Waals surface area contributed by atoms with Crippen LogP contribution in [-0.4, -0.2) is 38.5 Å². The second-order valence-electron chi connectivity index (χ2n) is 5.16. The summed E-state index contributed by atoms with van der Waals surface area (Å²) < 4.78 is 4.98. The zero-order chi connectivity index (χ0) is 13.9. The van der Waals surface area contributed by atoms with Crippen LogP contribution in [0.1, 0.15) is 36.0 Å². The van der Waals surface area contributed by atoms with Gasteiger partial charge >= 0.3 is 6.01 Å². The van der Waals surface area contributed by atoms with Crippen LogP contribution in [0.3, 0.4) is 0 Å². The van der Waals surface area contributed by atoms with Gasteiger partial charge in [-0.3, -0.25) is 4.90 Å². The Morgan fingerprint density at radius 1 is 1.30 bits per heavy atom. The van der Waals surface area contributed by atoms with Crippen LogP contribution in [0.4, 0.5) is 0 Å². The molecule has 0 saturated carbocycles. The predicted octanol–water partition coefficient (Wildman–Crippen LogP) is 1.85. The number of imidazole rings is 1. The first-order chi connectivity index (χ1) is 9.76. The summed E-state index contributed by atoms with van der Waals surface area (Å²) in [4.78, 5) is 18.6. The number of aromatic nitrogens is 4. The largest absolute Gasteiger partial charge is 0.467 e. The first-order valence-corrected chi connectivity index (χ1v) is 6.86. The van der Waals surface area contributed by atoms with Crippen molar-refractivity contribution in [3.05, 3.63) is 35.7 Å². The number of hydrogen-bond acceptors (Lipinski definition) is 5. The summed E-state index contributed by atoms with van der Waals surface area (Å²) >= 11 is 0. The molecule has 1 saturated heterocycles. The van der Waals surface area contributed by atoms with Crippen molar-refractivity contribution in [2.45, 2.75) is 32.4 Å². The standard InChI is InChI=1S/C14H19N5O/c1-10-6-15-13(18-10)12-4-3-5-19(12)9-11-7-16-14(20-2)17-8-11/h6-8,12H,3-5,9H2,1-2H3,(H,15,18). The minimum atomic E-state index is 0.366. The lowest BCUT2D eigenvalue weighted by Crippen LogP contribution is -2.23. The zero-order valence-electron chi connectivity index (χ0n) is 11.8. The summed E-state index contributed by atoms with van der Waals surface area (Å²) in [5, 5.41) is 0. The number of likely N-dealkylation sites (tertiary alicyclic amines) is 1. The molecule has 0 bridgehead atoms. The summed E-state index contributed by atoms with van der Waals surface area (Å²) in [6.45, 7) is 3.96. The van der Waals surface area contributed by atoms with Gasteiger partial charge in [0.1, 0.15) is 5.82 Å². The fourth-order valence-electron chi connectivity index (χ4n) is 2.69. The second kappa shape index (κ2) is 5.58. The smallest absolute Gasteiger partial charge is 0.316 e. The number of nitrogens with zero attached hydrogens (tertiary/aromatic N) is 4. The SMILES string of the molecule is COc1ncc(CN2CCCC2c2ncc(C)[nH]2)cn1. The van der Waals surface area contributed by atoms with Crippen LogP contribution in [-0.2, 0) is 6.54 Å². The quantitative estimate of drug-likeness (QED) is 0.921. The molecule has 1 aliphatic rings. The highest BCUT2D eigenvalue weighted by atomic mass is 16.5. The summed E-state index contributed by atoms with van der Waals surface area (Å²) in [5.74, 6) is 1.06. The van der Waals surface area contributed by atoms with Gasteiger partial charge in [-0.2, -0.15) is 0 Å². The van der Waals surface area contributed by atoms with Crippen molar-refractivity contribution in [2.75, 3.05) is 13.7 Å². The van der Waals surface area contributed by atoms with Gasteiger partial charge in [-0.1, -0.05) is 0 Å². The molecule has 1 fully saturated rings. The van der Waals surface area contributed by atoms with Gasteiger partial charge in [0.2, 0.25) is 0 Å². The Labute approximate surface area is 118 Å². The predicted molar refractivity (Wildman–Crippen MR) is 74.3 cm³/mol. The van der Waals surface area contributed by atoms with Crippen molar-refractivity contribution in [3.8, 4) is 6.01 Å². The van der Waals surface area contributed by atoms with Gasteiger partial charge in [0.25, 0.3) is 0 Å². The Morgan fingerprint density at radius 3 is 2.75 bits per heavy atom. The molecule has 2 aromatic heterocycles. The highest BCUT2D eigenvalue weighted by Crippen LogP contribution is 2.31. The van der Waals surface area contributed by atoms with Crippen LogP contribution in [0.25, 0.3) is 0 Å². The third-order valence-electron chi connectivity index (χ3n) is 3.65. The number of H-pyrrole nitrogens is 1. The Morgan fingerprint density at radius 2 is 2.10 bits per heavy atom. The van der Waals surface area contributed by atoms with Crippen molar-refractivity contribution in [3.63, 3.8) is 0 Å². The lowest BCUT2D eigenvalue weighted by molar-refractivity contribution is 0.240. The number of methoxy groups -OCH3 is 1. The maximum absolute atomic E-state index is 4.98. The van der Waals surface area contributed by atoms with E-state index in [1.165, 1.54) is 6.42 Å². The van der Waals surface area contributed by atoms with Crippen molar-refractivity contribution in [2.24, 2.45) is 0 Å². The summed E-state index contributed by atoms with van der Waals surface area (Å²) in [6.07, 6.45) is 7.89. The number of ether oxygens (including phenoxy) is 1. The van der Waals surface area contributed by atoms with E-state index in [1.54, 1.807) is 7.11 Å². The van der Waals surface area contributed by atoms with E-state index in [1.807, 2.05) is 25.5 Å². The molecule has 6 heteroatoms. The molecule has 0 aliphatic carbocycles. The molecule has 0 amide bonds. The van der Waals surface area contributed by atoms with Crippen LogP contribution in [0.5, 0.6) is 6.01 Å². The van der Waals surface area contributed by atoms with Crippen molar-refractivity contribution in [1.29, 1.82) is 0 Å². The first-order valence-electron chi connectivity index (χ1n) is 6.86. The Bertz CT molecular complexity index is 565. The van der Waals surface area contributed by atoms with E-state index in [4.69, 9.17) is 4.74 Å². The van der Waals surface area contributed by atoms with Crippen LogP contribution in [0.2, 0.25) is 0 Å². The summed E-state index contributed by atoms with van der Waals surface area (Å²) in [7, 11) is 1.57. The van der Waals surface area contributed by atoms with Crippen molar-refractivity contribution >= 4 is 0 Å². The van der Waals surface area contributed by atoms with E-state index in [2.05, 4.69) is 24.8 Å². The number of hydrogen-bond donors (Lipinski definition) is 1. The highest BCUT2D eigenvalue weighted by Gasteiger charge is 2.28. The van der Waals surface area contributed by atoms with Crippen LogP contribution >= 0.6 is 0 Å². The normalized spacial score (nSPS) is 19.4. The van der Waals surface area contributed by atoms with Gasteiger partial charge < -0.3 is 9.72 Å². The summed E-state index contributed by atoms with van der Waals surface area (Å²) in [6, 6.07) is 0.777. The Balaban J connectivity index is 1.72. The van der Waals surface area contributed by atoms with Gasteiger partial charge in [0.05, 0.1) is 13.2 Å². The van der Waals surface area contributed by atoms with E-state index >= 15 is 0 Å². The maximum Gasteiger partial charge on any atom is 0.316 e. The molecule has 20 heavy (non-hydrogen) atoms. The molecule has 1 unspecified atom stereocenters. The van der Waals surface area contributed by atoms with E-state index in [-0.39, 0.29) is 0 Å². The number of aryl methyl sites for hydroxylation is 1. The van der Waals surface area contributed by atoms with Gasteiger partial charge in [-0.15, -0.1) is 0 Å². The molecular formula is C14H19N5O. The average Bonchev–Trinajstić information content (AvgIpc) is 3.08. The van der Waals surface area contributed by atoms with Crippen LogP contribution in [0.15, 0.2) is 18.6 Å².